The molecule has 6 nitrogen and oxygen atoms in total. The second kappa shape index (κ2) is 9.08. The summed E-state index contributed by atoms with van der Waals surface area (Å²) in [7, 11) is 3.09. The van der Waals surface area contributed by atoms with Crippen LogP contribution in [0.4, 0.5) is 0 Å². The van der Waals surface area contributed by atoms with E-state index in [1.54, 1.807) is 36.1 Å². The van der Waals surface area contributed by atoms with Crippen molar-refractivity contribution >= 4 is 16.7 Å². The van der Waals surface area contributed by atoms with Gasteiger partial charge in [0.05, 0.1) is 19.6 Å². The zero-order chi connectivity index (χ0) is 19.1. The first kappa shape index (κ1) is 19.6. The number of hydrogen-bond acceptors (Lipinski definition) is 4. The van der Waals surface area contributed by atoms with E-state index in [0.29, 0.717) is 35.9 Å². The van der Waals surface area contributed by atoms with Gasteiger partial charge in [0.2, 0.25) is 5.91 Å². The van der Waals surface area contributed by atoms with Crippen molar-refractivity contribution in [2.24, 2.45) is 5.92 Å². The molecule has 0 bridgehead atoms. The quantitative estimate of drug-likeness (QED) is 0.737. The summed E-state index contributed by atoms with van der Waals surface area (Å²) in [5.41, 5.74) is -0.145. The molecule has 1 heterocycles. The number of nitrogens with one attached hydrogen (secondary N) is 1. The third kappa shape index (κ3) is 4.88. The number of methoxy groups -OCH3 is 2. The van der Waals surface area contributed by atoms with Crippen LogP contribution in [0.5, 0.6) is 11.5 Å². The second-order valence-corrected chi connectivity index (χ2v) is 6.44. The van der Waals surface area contributed by atoms with Crippen LogP contribution in [0.3, 0.4) is 0 Å². The van der Waals surface area contributed by atoms with Gasteiger partial charge in [-0.05, 0) is 35.9 Å². The van der Waals surface area contributed by atoms with Crippen molar-refractivity contribution in [3.8, 4) is 11.5 Å². The predicted molar refractivity (Wildman–Crippen MR) is 103 cm³/mol. The third-order valence-corrected chi connectivity index (χ3v) is 4.07. The van der Waals surface area contributed by atoms with E-state index >= 15 is 0 Å². The van der Waals surface area contributed by atoms with Crippen LogP contribution in [0.1, 0.15) is 20.3 Å². The van der Waals surface area contributed by atoms with E-state index in [4.69, 9.17) is 9.47 Å². The van der Waals surface area contributed by atoms with Crippen molar-refractivity contribution < 1.29 is 14.3 Å². The average Bonchev–Trinajstić information content (AvgIpc) is 2.62. The Morgan fingerprint density at radius 3 is 2.58 bits per heavy atom. The molecule has 0 aliphatic rings. The highest BCUT2D eigenvalue weighted by atomic mass is 16.5. The molecule has 26 heavy (non-hydrogen) atoms. The van der Waals surface area contributed by atoms with Gasteiger partial charge in [0.1, 0.15) is 0 Å². The van der Waals surface area contributed by atoms with Gasteiger partial charge in [-0.3, -0.25) is 9.59 Å². The number of hydrogen-bond donors (Lipinski definition) is 1. The fourth-order valence-corrected chi connectivity index (χ4v) is 2.57. The monoisotopic (exact) mass is 358 g/mol. The lowest BCUT2D eigenvalue weighted by molar-refractivity contribution is -0.116. The van der Waals surface area contributed by atoms with Crippen molar-refractivity contribution in [2.75, 3.05) is 20.8 Å². The van der Waals surface area contributed by atoms with Crippen molar-refractivity contribution in [2.45, 2.75) is 26.8 Å². The lowest BCUT2D eigenvalue weighted by Gasteiger charge is -2.10. The highest BCUT2D eigenvalue weighted by Gasteiger charge is 2.09. The molecule has 0 radical (unpaired) electrons. The van der Waals surface area contributed by atoms with E-state index in [1.807, 2.05) is 6.07 Å². The van der Waals surface area contributed by atoms with Crippen LogP contribution >= 0.6 is 0 Å². The fourth-order valence-electron chi connectivity index (χ4n) is 2.57. The number of carbonyl (C=O) groups is 1. The predicted octanol–water partition coefficient (Wildman–Crippen LogP) is 2.74. The largest absolute Gasteiger partial charge is 0.493 e. The molecule has 0 spiro atoms. The molecule has 0 aliphatic heterocycles. The smallest absolute Gasteiger partial charge is 0.258 e. The molecule has 0 atom stereocenters. The summed E-state index contributed by atoms with van der Waals surface area (Å²) in [6.07, 6.45) is 5.79. The Balaban J connectivity index is 2.13. The second-order valence-electron chi connectivity index (χ2n) is 6.44. The number of amides is 1. The molecule has 0 saturated heterocycles. The SMILES string of the molecule is COc1cc2ccn(C/C=C/C(=O)NCCC(C)C)c(=O)c2cc1OC. The van der Waals surface area contributed by atoms with E-state index < -0.39 is 0 Å². The Morgan fingerprint density at radius 2 is 1.92 bits per heavy atom. The summed E-state index contributed by atoms with van der Waals surface area (Å²) in [5, 5.41) is 4.15. The number of aromatic nitrogens is 1. The Kier molecular flexibility index (Phi) is 6.83. The summed E-state index contributed by atoms with van der Waals surface area (Å²) >= 11 is 0. The zero-order valence-electron chi connectivity index (χ0n) is 15.7. The zero-order valence-corrected chi connectivity index (χ0v) is 15.7. The highest BCUT2D eigenvalue weighted by Crippen LogP contribution is 2.30. The van der Waals surface area contributed by atoms with Crippen molar-refractivity contribution in [1.82, 2.24) is 9.88 Å². The topological polar surface area (TPSA) is 69.6 Å². The lowest BCUT2D eigenvalue weighted by Crippen LogP contribution is -2.23. The normalized spacial score (nSPS) is 11.3. The van der Waals surface area contributed by atoms with Crippen LogP contribution in [0.2, 0.25) is 0 Å². The molecule has 6 heteroatoms. The van der Waals surface area contributed by atoms with Gasteiger partial charge >= 0.3 is 0 Å². The average molecular weight is 358 g/mol. The lowest BCUT2D eigenvalue weighted by atomic mass is 10.1. The molecular weight excluding hydrogens is 332 g/mol. The molecule has 0 aliphatic carbocycles. The molecule has 1 aromatic carbocycles. The fraction of sp³-hybridized carbons (Fsp3) is 0.400. The number of benzene rings is 1. The van der Waals surface area contributed by atoms with Crippen molar-refractivity contribution in [3.63, 3.8) is 0 Å². The molecule has 140 valence electrons. The number of pyridine rings is 1. The van der Waals surface area contributed by atoms with Gasteiger partial charge in [-0.25, -0.2) is 0 Å². The van der Waals surface area contributed by atoms with Crippen molar-refractivity contribution in [1.29, 1.82) is 0 Å². The van der Waals surface area contributed by atoms with Gasteiger partial charge in [-0.15, -0.1) is 0 Å². The number of ether oxygens (including phenoxy) is 2. The first-order valence-electron chi connectivity index (χ1n) is 8.65. The van der Waals surface area contributed by atoms with Gasteiger partial charge in [-0.1, -0.05) is 19.9 Å². The van der Waals surface area contributed by atoms with E-state index in [2.05, 4.69) is 19.2 Å². The molecule has 2 aromatic rings. The summed E-state index contributed by atoms with van der Waals surface area (Å²) in [4.78, 5) is 24.4. The molecule has 0 unspecified atom stereocenters. The Bertz CT molecular complexity index is 853. The van der Waals surface area contributed by atoms with Crippen LogP contribution in [0.25, 0.3) is 10.8 Å². The molecule has 2 rings (SSSR count). The van der Waals surface area contributed by atoms with E-state index in [9.17, 15) is 9.59 Å². The van der Waals surface area contributed by atoms with Gasteiger partial charge in [0.15, 0.2) is 11.5 Å². The van der Waals surface area contributed by atoms with Crippen LogP contribution in [0.15, 0.2) is 41.3 Å². The number of carbonyl (C=O) groups excluding carboxylic acids is 1. The Hall–Kier alpha value is -2.76. The molecule has 1 amide bonds. The minimum Gasteiger partial charge on any atom is -0.493 e. The highest BCUT2D eigenvalue weighted by molar-refractivity contribution is 5.87. The van der Waals surface area contributed by atoms with Gasteiger partial charge in [-0.2, -0.15) is 0 Å². The minimum absolute atomic E-state index is 0.145. The Morgan fingerprint density at radius 1 is 1.23 bits per heavy atom. The van der Waals surface area contributed by atoms with Gasteiger partial charge < -0.3 is 19.4 Å². The van der Waals surface area contributed by atoms with E-state index in [-0.39, 0.29) is 11.5 Å². The molecule has 0 fully saturated rings. The van der Waals surface area contributed by atoms with Gasteiger partial charge in [0.25, 0.3) is 5.56 Å². The first-order chi connectivity index (χ1) is 12.5. The molecule has 1 aromatic heterocycles. The maximum absolute atomic E-state index is 12.7. The summed E-state index contributed by atoms with van der Waals surface area (Å²) < 4.78 is 12.1. The summed E-state index contributed by atoms with van der Waals surface area (Å²) in [6.45, 7) is 5.19. The van der Waals surface area contributed by atoms with Crippen LogP contribution in [-0.2, 0) is 11.3 Å². The van der Waals surface area contributed by atoms with Crippen LogP contribution < -0.4 is 20.3 Å². The molecule has 0 saturated carbocycles. The summed E-state index contributed by atoms with van der Waals surface area (Å²) in [6, 6.07) is 5.29. The van der Waals surface area contributed by atoms with Crippen molar-refractivity contribution in [3.05, 3.63) is 46.9 Å². The van der Waals surface area contributed by atoms with Crippen LogP contribution in [-0.4, -0.2) is 31.2 Å². The minimum atomic E-state index is -0.147. The number of rotatable bonds is 8. The number of fused-ring (bicyclic) bond motifs is 1. The maximum Gasteiger partial charge on any atom is 0.258 e. The first-order valence-corrected chi connectivity index (χ1v) is 8.65. The molecule has 1 N–H and O–H groups in total. The van der Waals surface area contributed by atoms with Crippen LogP contribution in [0, 0.1) is 5.92 Å². The maximum atomic E-state index is 12.7. The van der Waals surface area contributed by atoms with E-state index in [0.717, 1.165) is 11.8 Å². The Labute approximate surface area is 153 Å². The van der Waals surface area contributed by atoms with Gasteiger partial charge in [0, 0.05) is 25.4 Å². The standard InChI is InChI=1S/C20H26N2O4/c1-14(2)7-9-21-19(23)6-5-10-22-11-8-15-12-17(25-3)18(26-4)13-16(15)20(22)24/h5-6,8,11-14H,7,9-10H2,1-4H3,(H,21,23)/b6-5+. The van der Waals surface area contributed by atoms with E-state index in [1.165, 1.54) is 13.2 Å². The third-order valence-electron chi connectivity index (χ3n) is 4.07. The number of nitrogens with zero attached hydrogens (tertiary/aromatic N) is 1. The number of allylic oxidation sites excluding steroid dienone is 1. The summed E-state index contributed by atoms with van der Waals surface area (Å²) in [5.74, 6) is 1.49. The molecular formula is C20H26N2O4.